The third-order valence-electron chi connectivity index (χ3n) is 3.16. The molecule has 8 nitrogen and oxygen atoms in total. The van der Waals surface area contributed by atoms with Crippen LogP contribution in [0.2, 0.25) is 0 Å². The highest BCUT2D eigenvalue weighted by atomic mass is 32.2. The Morgan fingerprint density at radius 1 is 1.17 bits per heavy atom. The minimum Gasteiger partial charge on any atom is -0.325 e. The van der Waals surface area contributed by atoms with Gasteiger partial charge in [0.1, 0.15) is 0 Å². The first kappa shape index (κ1) is 17.6. The first-order valence-electron chi connectivity index (χ1n) is 6.86. The fraction of sp³-hybridized carbons (Fsp3) is 0.133. The summed E-state index contributed by atoms with van der Waals surface area (Å²) >= 11 is 0. The molecule has 0 aliphatic rings. The van der Waals surface area contributed by atoms with Gasteiger partial charge in [0.2, 0.25) is 15.9 Å². The molecule has 2 rings (SSSR count). The molecule has 0 aliphatic heterocycles. The summed E-state index contributed by atoms with van der Waals surface area (Å²) in [5, 5.41) is 13.3. The summed E-state index contributed by atoms with van der Waals surface area (Å²) < 4.78 is 25.7. The van der Waals surface area contributed by atoms with Crippen LogP contribution in [0.4, 0.5) is 11.4 Å². The number of anilines is 1. The van der Waals surface area contributed by atoms with E-state index in [1.54, 1.807) is 30.3 Å². The van der Waals surface area contributed by atoms with Gasteiger partial charge < -0.3 is 5.32 Å². The maximum absolute atomic E-state index is 12.4. The van der Waals surface area contributed by atoms with E-state index in [1.807, 2.05) is 0 Å². The van der Waals surface area contributed by atoms with Crippen LogP contribution in [-0.4, -0.2) is 37.1 Å². The van der Waals surface area contributed by atoms with E-state index in [1.165, 1.54) is 25.2 Å². The lowest BCUT2D eigenvalue weighted by Gasteiger charge is -2.16. The van der Waals surface area contributed by atoms with Crippen molar-refractivity contribution in [3.63, 3.8) is 0 Å². The van der Waals surface area contributed by atoms with Gasteiger partial charge >= 0.3 is 0 Å². The van der Waals surface area contributed by atoms with E-state index in [9.17, 15) is 23.3 Å². The Morgan fingerprint density at radius 2 is 1.83 bits per heavy atom. The highest BCUT2D eigenvalue weighted by Gasteiger charge is 2.24. The number of nitro benzene ring substituents is 1. The normalized spacial score (nSPS) is 11.2. The number of amides is 1. The first-order chi connectivity index (χ1) is 11.3. The van der Waals surface area contributed by atoms with Crippen molar-refractivity contribution in [2.75, 3.05) is 18.9 Å². The molecule has 126 valence electrons. The minimum absolute atomic E-state index is 0.244. The Hall–Kier alpha value is -2.78. The summed E-state index contributed by atoms with van der Waals surface area (Å²) in [5.74, 6) is -0.516. The molecule has 1 N–H and O–H groups in total. The molecule has 0 unspecified atom stereocenters. The van der Waals surface area contributed by atoms with Gasteiger partial charge in [-0.3, -0.25) is 14.9 Å². The molecule has 0 heterocycles. The Balaban J connectivity index is 2.13. The molecule has 1 amide bonds. The molecule has 2 aromatic rings. The second kappa shape index (κ2) is 7.20. The van der Waals surface area contributed by atoms with Crippen LogP contribution in [0.1, 0.15) is 0 Å². The zero-order valence-corrected chi connectivity index (χ0v) is 13.6. The molecule has 0 atom stereocenters. The van der Waals surface area contributed by atoms with Crippen molar-refractivity contribution in [2.24, 2.45) is 0 Å². The first-order valence-corrected chi connectivity index (χ1v) is 8.30. The molecule has 0 bridgehead atoms. The van der Waals surface area contributed by atoms with Crippen molar-refractivity contribution in [3.05, 3.63) is 64.7 Å². The molecular weight excluding hydrogens is 334 g/mol. The lowest BCUT2D eigenvalue weighted by Crippen LogP contribution is -2.35. The van der Waals surface area contributed by atoms with Gasteiger partial charge in [0.25, 0.3) is 5.69 Å². The van der Waals surface area contributed by atoms with Crippen LogP contribution in [0.25, 0.3) is 0 Å². The lowest BCUT2D eigenvalue weighted by atomic mass is 10.3. The maximum atomic E-state index is 12.4. The number of hydrogen-bond donors (Lipinski definition) is 1. The van der Waals surface area contributed by atoms with Gasteiger partial charge in [-0.05, 0) is 18.2 Å². The molecule has 9 heteroatoms. The summed E-state index contributed by atoms with van der Waals surface area (Å²) in [6.45, 7) is -0.417. The molecular formula is C15H15N3O5S. The molecule has 0 spiro atoms. The molecule has 0 fully saturated rings. The molecule has 24 heavy (non-hydrogen) atoms. The zero-order chi connectivity index (χ0) is 17.7. The standard InChI is InChI=1S/C15H15N3O5S/c1-17(11-15(19)16-12-6-3-2-4-7-12)24(22,23)14-9-5-8-13(10-14)18(20)21/h2-10H,11H2,1H3,(H,16,19). The summed E-state index contributed by atoms with van der Waals surface area (Å²) in [5.41, 5.74) is 0.210. The molecule has 0 aromatic heterocycles. The van der Waals surface area contributed by atoms with Gasteiger partial charge in [-0.2, -0.15) is 4.31 Å². The largest absolute Gasteiger partial charge is 0.325 e. The number of sulfonamides is 1. The van der Waals surface area contributed by atoms with Crippen LogP contribution >= 0.6 is 0 Å². The van der Waals surface area contributed by atoms with E-state index in [0.717, 1.165) is 10.4 Å². The van der Waals surface area contributed by atoms with E-state index >= 15 is 0 Å². The van der Waals surface area contributed by atoms with E-state index < -0.39 is 27.4 Å². The predicted molar refractivity (Wildman–Crippen MR) is 88.0 cm³/mol. The van der Waals surface area contributed by atoms with Gasteiger partial charge in [-0.15, -0.1) is 0 Å². The second-order valence-electron chi connectivity index (χ2n) is 4.93. The molecule has 0 saturated heterocycles. The van der Waals surface area contributed by atoms with Crippen LogP contribution in [0.15, 0.2) is 59.5 Å². The molecule has 0 aliphatic carbocycles. The van der Waals surface area contributed by atoms with Crippen molar-refractivity contribution >= 4 is 27.3 Å². The number of nitro groups is 1. The zero-order valence-electron chi connectivity index (χ0n) is 12.7. The average Bonchev–Trinajstić information content (AvgIpc) is 2.55. The number of benzene rings is 2. The van der Waals surface area contributed by atoms with E-state index in [-0.39, 0.29) is 10.6 Å². The number of carbonyl (C=O) groups excluding carboxylic acids is 1. The smallest absolute Gasteiger partial charge is 0.270 e. The Labute approximate surface area is 138 Å². The number of hydrogen-bond acceptors (Lipinski definition) is 5. The third kappa shape index (κ3) is 4.15. The van der Waals surface area contributed by atoms with E-state index in [4.69, 9.17) is 0 Å². The summed E-state index contributed by atoms with van der Waals surface area (Å²) in [6.07, 6.45) is 0. The fourth-order valence-corrected chi connectivity index (χ4v) is 3.11. The van der Waals surface area contributed by atoms with Crippen LogP contribution < -0.4 is 5.32 Å². The van der Waals surface area contributed by atoms with Crippen LogP contribution in [0.5, 0.6) is 0 Å². The topological polar surface area (TPSA) is 110 Å². The predicted octanol–water partition coefficient (Wildman–Crippen LogP) is 1.85. The van der Waals surface area contributed by atoms with Crippen molar-refractivity contribution in [1.82, 2.24) is 4.31 Å². The summed E-state index contributed by atoms with van der Waals surface area (Å²) in [7, 11) is -2.78. The van der Waals surface area contributed by atoms with Crippen molar-refractivity contribution in [3.8, 4) is 0 Å². The quantitative estimate of drug-likeness (QED) is 0.632. The van der Waals surface area contributed by atoms with Crippen molar-refractivity contribution in [2.45, 2.75) is 4.90 Å². The van der Waals surface area contributed by atoms with Crippen molar-refractivity contribution in [1.29, 1.82) is 0 Å². The number of nitrogens with zero attached hydrogens (tertiary/aromatic N) is 2. The Kier molecular flexibility index (Phi) is 5.27. The van der Waals surface area contributed by atoms with Gasteiger partial charge in [0.15, 0.2) is 0 Å². The molecule has 0 radical (unpaired) electrons. The minimum atomic E-state index is -4.01. The van der Waals surface area contributed by atoms with Gasteiger partial charge in [0, 0.05) is 24.9 Å². The third-order valence-corrected chi connectivity index (χ3v) is 4.96. The number of likely N-dealkylation sites (N-methyl/N-ethyl adjacent to an activating group) is 1. The summed E-state index contributed by atoms with van der Waals surface area (Å²) in [4.78, 5) is 21.8. The average molecular weight is 349 g/mol. The number of non-ortho nitro benzene ring substituents is 1. The molecule has 0 saturated carbocycles. The van der Waals surface area contributed by atoms with Crippen LogP contribution in [0, 0.1) is 10.1 Å². The van der Waals surface area contributed by atoms with Gasteiger partial charge in [-0.25, -0.2) is 8.42 Å². The van der Waals surface area contributed by atoms with Crippen molar-refractivity contribution < 1.29 is 18.1 Å². The Bertz CT molecular complexity index is 852. The van der Waals surface area contributed by atoms with Gasteiger partial charge in [-0.1, -0.05) is 24.3 Å². The van der Waals surface area contributed by atoms with E-state index in [2.05, 4.69) is 5.32 Å². The van der Waals surface area contributed by atoms with Crippen LogP contribution in [0.3, 0.4) is 0 Å². The Morgan fingerprint density at radius 3 is 2.46 bits per heavy atom. The maximum Gasteiger partial charge on any atom is 0.270 e. The SMILES string of the molecule is CN(CC(=O)Nc1ccccc1)S(=O)(=O)c1cccc([N+](=O)[O-])c1. The highest BCUT2D eigenvalue weighted by molar-refractivity contribution is 7.89. The lowest BCUT2D eigenvalue weighted by molar-refractivity contribution is -0.385. The fourth-order valence-electron chi connectivity index (χ4n) is 1.95. The number of nitrogens with one attached hydrogen (secondary N) is 1. The second-order valence-corrected chi connectivity index (χ2v) is 6.97. The molecule has 2 aromatic carbocycles. The summed E-state index contributed by atoms with van der Waals surface area (Å²) in [6, 6.07) is 13.3. The van der Waals surface area contributed by atoms with E-state index in [0.29, 0.717) is 5.69 Å². The monoisotopic (exact) mass is 349 g/mol. The number of rotatable bonds is 6. The van der Waals surface area contributed by atoms with Gasteiger partial charge in [0.05, 0.1) is 16.4 Å². The number of carbonyl (C=O) groups is 1. The highest BCUT2D eigenvalue weighted by Crippen LogP contribution is 2.20. The van der Waals surface area contributed by atoms with Crippen LogP contribution in [-0.2, 0) is 14.8 Å². The number of para-hydroxylation sites is 1.